The summed E-state index contributed by atoms with van der Waals surface area (Å²) < 4.78 is 0. The molecular formula is C38H45ClN6O. The van der Waals surface area contributed by atoms with Crippen LogP contribution in [-0.4, -0.2) is 31.1 Å². The standard InChI is InChI=1S/C38H45ClN6O/c1-4-5-6-7-8-9-10-11-12-18-23-45-43-37(42-44-45)34(29-19-14-13-15-20-29)38(46)41-33-26-40-36-28(3)24-27(2)25-31(36)35(33)30-21-16-17-22-32(30)39/h13-17,19-22,24-26,34H,4-12,18,23H2,1-3H3,(H,41,46). The smallest absolute Gasteiger partial charge is 0.239 e. The highest BCUT2D eigenvalue weighted by Gasteiger charge is 2.29. The van der Waals surface area contributed by atoms with Crippen LogP contribution in [0.3, 0.4) is 0 Å². The maximum absolute atomic E-state index is 14.2. The van der Waals surface area contributed by atoms with Crippen molar-refractivity contribution in [3.63, 3.8) is 0 Å². The van der Waals surface area contributed by atoms with Crippen LogP contribution in [0.1, 0.15) is 99.6 Å². The average Bonchev–Trinajstić information content (AvgIpc) is 3.51. The Morgan fingerprint density at radius 3 is 2.26 bits per heavy atom. The van der Waals surface area contributed by atoms with Crippen LogP contribution in [-0.2, 0) is 11.3 Å². The maximum atomic E-state index is 14.2. The van der Waals surface area contributed by atoms with E-state index in [1.54, 1.807) is 11.0 Å². The van der Waals surface area contributed by atoms with Crippen molar-refractivity contribution < 1.29 is 4.79 Å². The fourth-order valence-electron chi connectivity index (χ4n) is 6.18. The summed E-state index contributed by atoms with van der Waals surface area (Å²) in [5.74, 6) is -0.643. The van der Waals surface area contributed by atoms with Crippen LogP contribution in [0.25, 0.3) is 22.0 Å². The van der Waals surface area contributed by atoms with Crippen LogP contribution >= 0.6 is 11.6 Å². The van der Waals surface area contributed by atoms with E-state index in [4.69, 9.17) is 21.7 Å². The summed E-state index contributed by atoms with van der Waals surface area (Å²) >= 11 is 6.74. The summed E-state index contributed by atoms with van der Waals surface area (Å²) in [6, 6.07) is 21.5. The third kappa shape index (κ3) is 8.38. The molecule has 0 spiro atoms. The van der Waals surface area contributed by atoms with Gasteiger partial charge in [0.2, 0.25) is 5.91 Å². The normalized spacial score (nSPS) is 12.0. The molecule has 2 aromatic heterocycles. The van der Waals surface area contributed by atoms with E-state index in [0.717, 1.165) is 51.6 Å². The Kier molecular flexibility index (Phi) is 11.9. The number of carbonyl (C=O) groups is 1. The Labute approximate surface area is 277 Å². The molecule has 0 bridgehead atoms. The molecule has 46 heavy (non-hydrogen) atoms. The first-order chi connectivity index (χ1) is 22.5. The number of nitrogens with one attached hydrogen (secondary N) is 1. The zero-order chi connectivity index (χ0) is 32.3. The lowest BCUT2D eigenvalue weighted by Gasteiger charge is -2.19. The van der Waals surface area contributed by atoms with Crippen molar-refractivity contribution in [3.8, 4) is 11.1 Å². The number of aryl methyl sites for hydroxylation is 3. The minimum absolute atomic E-state index is 0.261. The third-order valence-corrected chi connectivity index (χ3v) is 8.87. The van der Waals surface area contributed by atoms with Crippen molar-refractivity contribution in [2.75, 3.05) is 5.32 Å². The van der Waals surface area contributed by atoms with E-state index >= 15 is 0 Å². The molecule has 0 aliphatic carbocycles. The van der Waals surface area contributed by atoms with Gasteiger partial charge in [-0.2, -0.15) is 4.80 Å². The zero-order valence-corrected chi connectivity index (χ0v) is 28.1. The van der Waals surface area contributed by atoms with Crippen molar-refractivity contribution in [2.45, 2.75) is 97.4 Å². The van der Waals surface area contributed by atoms with Crippen molar-refractivity contribution in [1.82, 2.24) is 25.2 Å². The number of carbonyl (C=O) groups excluding carboxylic acids is 1. The van der Waals surface area contributed by atoms with Crippen LogP contribution in [0.15, 0.2) is 72.9 Å². The average molecular weight is 637 g/mol. The molecule has 8 heteroatoms. The van der Waals surface area contributed by atoms with Crippen LogP contribution in [0.4, 0.5) is 5.69 Å². The number of anilines is 1. The highest BCUT2D eigenvalue weighted by molar-refractivity contribution is 6.34. The van der Waals surface area contributed by atoms with Gasteiger partial charge >= 0.3 is 0 Å². The lowest BCUT2D eigenvalue weighted by atomic mass is 9.94. The summed E-state index contributed by atoms with van der Waals surface area (Å²) in [6.07, 6.45) is 14.3. The third-order valence-electron chi connectivity index (χ3n) is 8.54. The fraction of sp³-hybridized carbons (Fsp3) is 0.395. The molecule has 0 aliphatic rings. The number of hydrogen-bond donors (Lipinski definition) is 1. The molecule has 1 amide bonds. The number of rotatable bonds is 16. The molecule has 240 valence electrons. The topological polar surface area (TPSA) is 85.6 Å². The van der Waals surface area contributed by atoms with E-state index in [1.807, 2.05) is 61.5 Å². The number of benzene rings is 3. The summed E-state index contributed by atoms with van der Waals surface area (Å²) in [4.78, 5) is 20.6. The predicted octanol–water partition coefficient (Wildman–Crippen LogP) is 9.85. The highest BCUT2D eigenvalue weighted by atomic mass is 35.5. The summed E-state index contributed by atoms with van der Waals surface area (Å²) in [7, 11) is 0. The van der Waals surface area contributed by atoms with Gasteiger partial charge in [-0.05, 0) is 48.7 Å². The molecule has 5 aromatic rings. The Hall–Kier alpha value is -4.10. The van der Waals surface area contributed by atoms with Gasteiger partial charge < -0.3 is 5.32 Å². The first-order valence-electron chi connectivity index (χ1n) is 16.7. The quantitative estimate of drug-likeness (QED) is 0.109. The van der Waals surface area contributed by atoms with E-state index < -0.39 is 5.92 Å². The molecule has 2 heterocycles. The number of hydrogen-bond acceptors (Lipinski definition) is 5. The molecule has 1 N–H and O–H groups in total. The lowest BCUT2D eigenvalue weighted by Crippen LogP contribution is -2.24. The van der Waals surface area contributed by atoms with Gasteiger partial charge in [0.05, 0.1) is 23.9 Å². The van der Waals surface area contributed by atoms with Crippen molar-refractivity contribution in [2.24, 2.45) is 0 Å². The summed E-state index contributed by atoms with van der Waals surface area (Å²) in [6.45, 7) is 7.04. The van der Waals surface area contributed by atoms with Crippen molar-refractivity contribution in [1.29, 1.82) is 0 Å². The second kappa shape index (κ2) is 16.5. The van der Waals surface area contributed by atoms with Gasteiger partial charge in [0.1, 0.15) is 5.92 Å². The number of pyridine rings is 1. The molecule has 1 unspecified atom stereocenters. The zero-order valence-electron chi connectivity index (χ0n) is 27.3. The number of amides is 1. The van der Waals surface area contributed by atoms with E-state index in [1.165, 1.54) is 51.4 Å². The molecule has 0 fully saturated rings. The lowest BCUT2D eigenvalue weighted by molar-refractivity contribution is -0.116. The van der Waals surface area contributed by atoms with Gasteiger partial charge in [-0.1, -0.05) is 136 Å². The maximum Gasteiger partial charge on any atom is 0.239 e. The van der Waals surface area contributed by atoms with E-state index in [-0.39, 0.29) is 5.91 Å². The number of tetrazole rings is 1. The Balaban J connectivity index is 1.35. The van der Waals surface area contributed by atoms with Gasteiger partial charge in [-0.25, -0.2) is 0 Å². The van der Waals surface area contributed by atoms with Crippen LogP contribution in [0.5, 0.6) is 0 Å². The first kappa shape index (κ1) is 33.3. The Morgan fingerprint density at radius 1 is 0.870 bits per heavy atom. The number of halogens is 1. The summed E-state index contributed by atoms with van der Waals surface area (Å²) in [5.41, 5.74) is 6.07. The molecule has 0 saturated carbocycles. The molecular weight excluding hydrogens is 592 g/mol. The van der Waals surface area contributed by atoms with Gasteiger partial charge in [0.15, 0.2) is 5.82 Å². The molecule has 3 aromatic carbocycles. The Morgan fingerprint density at radius 2 is 1.54 bits per heavy atom. The molecule has 7 nitrogen and oxygen atoms in total. The second-order valence-electron chi connectivity index (χ2n) is 12.3. The molecule has 0 radical (unpaired) electrons. The number of unbranched alkanes of at least 4 members (excludes halogenated alkanes) is 9. The number of aromatic nitrogens is 5. The van der Waals surface area contributed by atoms with E-state index in [0.29, 0.717) is 23.1 Å². The minimum Gasteiger partial charge on any atom is -0.323 e. The SMILES string of the molecule is CCCCCCCCCCCCn1nnc(C(C(=O)Nc2cnc3c(C)cc(C)cc3c2-c2ccccc2Cl)c2ccccc2)n1. The molecule has 0 saturated heterocycles. The van der Waals surface area contributed by atoms with Crippen LogP contribution < -0.4 is 5.32 Å². The van der Waals surface area contributed by atoms with E-state index in [9.17, 15) is 4.79 Å². The van der Waals surface area contributed by atoms with Gasteiger partial charge in [0.25, 0.3) is 0 Å². The number of nitrogens with zero attached hydrogens (tertiary/aromatic N) is 5. The monoisotopic (exact) mass is 636 g/mol. The molecule has 0 aliphatic heterocycles. The summed E-state index contributed by atoms with van der Waals surface area (Å²) in [5, 5.41) is 18.1. The van der Waals surface area contributed by atoms with Crippen molar-refractivity contribution >= 4 is 34.1 Å². The predicted molar refractivity (Wildman–Crippen MR) is 188 cm³/mol. The first-order valence-corrected chi connectivity index (χ1v) is 17.1. The van der Waals surface area contributed by atoms with Gasteiger partial charge in [-0.15, -0.1) is 10.2 Å². The second-order valence-corrected chi connectivity index (χ2v) is 12.7. The Bertz CT molecular complexity index is 1730. The van der Waals surface area contributed by atoms with Crippen LogP contribution in [0, 0.1) is 13.8 Å². The van der Waals surface area contributed by atoms with Crippen molar-refractivity contribution in [3.05, 3.63) is 100 Å². The molecule has 1 atom stereocenters. The van der Waals surface area contributed by atoms with E-state index in [2.05, 4.69) is 41.6 Å². The van der Waals surface area contributed by atoms with Gasteiger partial charge in [-0.3, -0.25) is 9.78 Å². The minimum atomic E-state index is -0.753. The van der Waals surface area contributed by atoms with Gasteiger partial charge in [0, 0.05) is 21.5 Å². The number of fused-ring (bicyclic) bond motifs is 1. The highest BCUT2D eigenvalue weighted by Crippen LogP contribution is 2.40. The molecule has 5 rings (SSSR count). The van der Waals surface area contributed by atoms with Crippen LogP contribution in [0.2, 0.25) is 5.02 Å². The fourth-order valence-corrected chi connectivity index (χ4v) is 6.41. The largest absolute Gasteiger partial charge is 0.323 e.